The largest absolute Gasteiger partial charge is 0.417 e. The van der Waals surface area contributed by atoms with E-state index in [1.54, 1.807) is 10.9 Å². The Kier molecular flexibility index (Phi) is 4.91. The first-order chi connectivity index (χ1) is 11.9. The summed E-state index contributed by atoms with van der Waals surface area (Å²) >= 11 is 0. The van der Waals surface area contributed by atoms with Crippen molar-refractivity contribution in [3.63, 3.8) is 0 Å². The minimum Gasteiger partial charge on any atom is -0.356 e. The van der Waals surface area contributed by atoms with Gasteiger partial charge in [0.1, 0.15) is 5.82 Å². The first-order valence-electron chi connectivity index (χ1n) is 7.97. The van der Waals surface area contributed by atoms with E-state index in [1.807, 2.05) is 17.2 Å². The molecule has 1 N–H and O–H groups in total. The second-order valence-electron chi connectivity index (χ2n) is 5.89. The van der Waals surface area contributed by atoms with E-state index in [1.165, 1.54) is 6.07 Å². The van der Waals surface area contributed by atoms with Crippen LogP contribution < -0.4 is 10.2 Å². The smallest absolute Gasteiger partial charge is 0.356 e. The number of carbonyl (C=O) groups is 1. The highest BCUT2D eigenvalue weighted by Gasteiger charge is 2.32. The van der Waals surface area contributed by atoms with Gasteiger partial charge in [0, 0.05) is 38.2 Å². The number of carbonyl (C=O) groups excluding carboxylic acids is 1. The molecule has 1 aliphatic rings. The number of nitrogens with one attached hydrogen (secondary N) is 1. The Bertz CT molecular complexity index is 700. The number of alkyl halides is 3. The van der Waals surface area contributed by atoms with Crippen LogP contribution in [0.15, 0.2) is 36.8 Å². The van der Waals surface area contributed by atoms with Crippen molar-refractivity contribution >= 4 is 11.7 Å². The Morgan fingerprint density at radius 2 is 2.20 bits per heavy atom. The van der Waals surface area contributed by atoms with Gasteiger partial charge in [-0.1, -0.05) is 0 Å². The van der Waals surface area contributed by atoms with E-state index in [0.29, 0.717) is 38.4 Å². The molecular weight excluding hydrogens is 335 g/mol. The molecule has 134 valence electrons. The molecule has 1 aliphatic heterocycles. The molecule has 6 nitrogen and oxygen atoms in total. The van der Waals surface area contributed by atoms with Crippen molar-refractivity contribution in [3.8, 4) is 0 Å². The lowest BCUT2D eigenvalue weighted by molar-refractivity contribution is -0.137. The molecule has 0 bridgehead atoms. The van der Waals surface area contributed by atoms with Crippen LogP contribution in [0.3, 0.4) is 0 Å². The van der Waals surface area contributed by atoms with E-state index < -0.39 is 11.7 Å². The van der Waals surface area contributed by atoms with Crippen LogP contribution in [-0.2, 0) is 17.5 Å². The van der Waals surface area contributed by atoms with Gasteiger partial charge in [-0.15, -0.1) is 0 Å². The van der Waals surface area contributed by atoms with Crippen molar-refractivity contribution in [2.75, 3.05) is 24.5 Å². The maximum Gasteiger partial charge on any atom is 0.417 e. The Hall–Kier alpha value is -2.58. The summed E-state index contributed by atoms with van der Waals surface area (Å²) in [5, 5.41) is 6.92. The van der Waals surface area contributed by atoms with Gasteiger partial charge >= 0.3 is 6.18 Å². The lowest BCUT2D eigenvalue weighted by atomic mass is 10.1. The lowest BCUT2D eigenvalue weighted by Crippen LogP contribution is -2.34. The molecule has 9 heteroatoms. The van der Waals surface area contributed by atoms with Gasteiger partial charge in [-0.25, -0.2) is 4.98 Å². The Labute approximate surface area is 142 Å². The van der Waals surface area contributed by atoms with E-state index in [4.69, 9.17) is 0 Å². The Morgan fingerprint density at radius 3 is 2.84 bits per heavy atom. The molecule has 1 amide bonds. The average Bonchev–Trinajstić information content (AvgIpc) is 3.26. The second kappa shape index (κ2) is 7.12. The summed E-state index contributed by atoms with van der Waals surface area (Å²) < 4.78 is 39.4. The molecule has 0 aromatic carbocycles. The van der Waals surface area contributed by atoms with E-state index in [2.05, 4.69) is 15.4 Å². The third-order valence-corrected chi connectivity index (χ3v) is 4.16. The Balaban J connectivity index is 1.50. The summed E-state index contributed by atoms with van der Waals surface area (Å²) in [6.45, 7) is 2.12. The average molecular weight is 353 g/mol. The molecule has 2 aromatic rings. The van der Waals surface area contributed by atoms with E-state index in [9.17, 15) is 18.0 Å². The van der Waals surface area contributed by atoms with Crippen molar-refractivity contribution in [3.05, 3.63) is 42.4 Å². The molecule has 1 saturated heterocycles. The van der Waals surface area contributed by atoms with Crippen LogP contribution in [0.4, 0.5) is 19.0 Å². The van der Waals surface area contributed by atoms with Gasteiger partial charge in [0.05, 0.1) is 18.0 Å². The molecule has 0 spiro atoms. The van der Waals surface area contributed by atoms with E-state index in [-0.39, 0.29) is 11.8 Å². The summed E-state index contributed by atoms with van der Waals surface area (Å²) in [5.41, 5.74) is -0.775. The zero-order valence-corrected chi connectivity index (χ0v) is 13.4. The minimum absolute atomic E-state index is 0.0541. The van der Waals surface area contributed by atoms with Crippen molar-refractivity contribution in [2.45, 2.75) is 19.1 Å². The molecule has 1 fully saturated rings. The number of hydrogen-bond acceptors (Lipinski definition) is 4. The highest BCUT2D eigenvalue weighted by atomic mass is 19.4. The van der Waals surface area contributed by atoms with Crippen LogP contribution in [0.1, 0.15) is 12.0 Å². The van der Waals surface area contributed by atoms with Crippen LogP contribution in [0.2, 0.25) is 0 Å². The minimum atomic E-state index is -4.40. The van der Waals surface area contributed by atoms with Gasteiger partial charge < -0.3 is 10.2 Å². The Morgan fingerprint density at radius 1 is 1.36 bits per heavy atom. The van der Waals surface area contributed by atoms with Gasteiger partial charge in [0.25, 0.3) is 0 Å². The maximum absolute atomic E-state index is 12.6. The van der Waals surface area contributed by atoms with Crippen LogP contribution in [0.5, 0.6) is 0 Å². The number of halogens is 3. The standard InChI is InChI=1S/C16H18F3N5O/c17-16(18,19)13-2-3-14(21-10-13)23-8-4-12(11-23)15(25)20-6-9-24-7-1-5-22-24/h1-3,5,7,10,12H,4,6,8-9,11H2,(H,20,25)/t12-/m0/s1. The fourth-order valence-corrected chi connectivity index (χ4v) is 2.79. The van der Waals surface area contributed by atoms with Crippen molar-refractivity contribution in [2.24, 2.45) is 5.92 Å². The highest BCUT2D eigenvalue weighted by Crippen LogP contribution is 2.30. The molecule has 0 unspecified atom stereocenters. The number of aromatic nitrogens is 3. The predicted molar refractivity (Wildman–Crippen MR) is 84.8 cm³/mol. The summed E-state index contributed by atoms with van der Waals surface area (Å²) in [6.07, 6.45) is 0.574. The SMILES string of the molecule is O=C(NCCn1cccn1)[C@H]1CCN(c2ccc(C(F)(F)F)cn2)C1. The monoisotopic (exact) mass is 353 g/mol. The summed E-state index contributed by atoms with van der Waals surface area (Å²) in [5.74, 6) is 0.211. The van der Waals surface area contributed by atoms with Crippen LogP contribution in [0.25, 0.3) is 0 Å². The van der Waals surface area contributed by atoms with Crippen molar-refractivity contribution < 1.29 is 18.0 Å². The van der Waals surface area contributed by atoms with Gasteiger partial charge in [0.2, 0.25) is 5.91 Å². The number of hydrogen-bond donors (Lipinski definition) is 1. The van der Waals surface area contributed by atoms with Crippen LogP contribution in [-0.4, -0.2) is 40.3 Å². The first kappa shape index (κ1) is 17.2. The first-order valence-corrected chi connectivity index (χ1v) is 7.97. The van der Waals surface area contributed by atoms with Gasteiger partial charge in [-0.05, 0) is 24.6 Å². The molecule has 0 saturated carbocycles. The van der Waals surface area contributed by atoms with Crippen LogP contribution >= 0.6 is 0 Å². The maximum atomic E-state index is 12.6. The molecule has 0 aliphatic carbocycles. The summed E-state index contributed by atoms with van der Waals surface area (Å²) in [6, 6.07) is 4.17. The van der Waals surface area contributed by atoms with E-state index >= 15 is 0 Å². The zero-order chi connectivity index (χ0) is 17.9. The normalized spacial score (nSPS) is 17.7. The predicted octanol–water partition coefficient (Wildman–Crippen LogP) is 1.94. The van der Waals surface area contributed by atoms with Gasteiger partial charge in [-0.3, -0.25) is 9.48 Å². The lowest BCUT2D eigenvalue weighted by Gasteiger charge is -2.18. The fraction of sp³-hybridized carbons (Fsp3) is 0.438. The number of pyridine rings is 1. The zero-order valence-electron chi connectivity index (χ0n) is 13.4. The van der Waals surface area contributed by atoms with Crippen molar-refractivity contribution in [1.29, 1.82) is 0 Å². The molecule has 3 rings (SSSR count). The third kappa shape index (κ3) is 4.28. The molecule has 2 aromatic heterocycles. The second-order valence-corrected chi connectivity index (χ2v) is 5.89. The van der Waals surface area contributed by atoms with Crippen LogP contribution in [0, 0.1) is 5.92 Å². The molecule has 0 radical (unpaired) electrons. The van der Waals surface area contributed by atoms with Crippen molar-refractivity contribution in [1.82, 2.24) is 20.1 Å². The highest BCUT2D eigenvalue weighted by molar-refractivity contribution is 5.80. The molecule has 1 atom stereocenters. The van der Waals surface area contributed by atoms with E-state index in [0.717, 1.165) is 12.3 Å². The third-order valence-electron chi connectivity index (χ3n) is 4.16. The molecule has 3 heterocycles. The fourth-order valence-electron chi connectivity index (χ4n) is 2.79. The number of rotatable bonds is 5. The summed E-state index contributed by atoms with van der Waals surface area (Å²) in [4.78, 5) is 17.9. The number of nitrogens with zero attached hydrogens (tertiary/aromatic N) is 4. The van der Waals surface area contributed by atoms with Gasteiger partial charge in [0.15, 0.2) is 0 Å². The number of amides is 1. The van der Waals surface area contributed by atoms with Gasteiger partial charge in [-0.2, -0.15) is 18.3 Å². The summed E-state index contributed by atoms with van der Waals surface area (Å²) in [7, 11) is 0. The number of anilines is 1. The quantitative estimate of drug-likeness (QED) is 0.892. The molecule has 25 heavy (non-hydrogen) atoms. The molecular formula is C16H18F3N5O. The topological polar surface area (TPSA) is 63.1 Å².